The fourth-order valence-corrected chi connectivity index (χ4v) is 3.46. The van der Waals surface area contributed by atoms with Gasteiger partial charge < -0.3 is 15.8 Å². The number of nitrogens with one attached hydrogen (secondary N) is 1. The lowest BCUT2D eigenvalue weighted by molar-refractivity contribution is -0.350. The Kier molecular flexibility index (Phi) is 8.03. The van der Waals surface area contributed by atoms with E-state index in [1.165, 1.54) is 0 Å². The van der Waals surface area contributed by atoms with Crippen LogP contribution in [0, 0.1) is 11.3 Å². The van der Waals surface area contributed by atoms with Gasteiger partial charge >= 0.3 is 24.6 Å². The predicted molar refractivity (Wildman–Crippen MR) is 119 cm³/mol. The van der Waals surface area contributed by atoms with Crippen LogP contribution in [0.2, 0.25) is 5.15 Å². The zero-order chi connectivity index (χ0) is 30.3. The molecule has 3 N–H and O–H groups in total. The number of ether oxygens (including phenoxy) is 1. The molecule has 40 heavy (non-hydrogen) atoms. The van der Waals surface area contributed by atoms with E-state index in [1.807, 2.05) is 6.07 Å². The van der Waals surface area contributed by atoms with Crippen molar-refractivity contribution in [2.75, 3.05) is 0 Å². The highest BCUT2D eigenvalue weighted by molar-refractivity contribution is 6.32. The van der Waals surface area contributed by atoms with E-state index in [4.69, 9.17) is 22.6 Å². The number of nitrogens with zero attached hydrogens (tertiary/aromatic N) is 5. The minimum Gasteiger partial charge on any atom is -0.429 e. The molecule has 0 aromatic carbocycles. The van der Waals surface area contributed by atoms with Crippen molar-refractivity contribution in [1.29, 1.82) is 5.26 Å². The molecule has 3 rings (SSSR count). The molecule has 2 heterocycles. The summed E-state index contributed by atoms with van der Waals surface area (Å²) < 4.78 is 124. The number of hydrogen-bond acceptors (Lipinski definition) is 7. The molecule has 2 aromatic rings. The first kappa shape index (κ1) is 30.5. The van der Waals surface area contributed by atoms with Gasteiger partial charge in [-0.05, 0) is 18.9 Å². The number of pyridine rings is 1. The summed E-state index contributed by atoms with van der Waals surface area (Å²) in [7, 11) is 0.697. The standard InChI is InChI=1S/C21H15ClF9N7O2/c1-38-15(12(40-17(23)24)13(37-38)19(25,20(26,27)28)21(29,30)31)35-7-10(5-32)9-4-11(14(22)34-6-9)16(39)36-18(8-33)2-3-18/h4-7,17H,2-3,32H2,1H3,(H,36,39). The quantitative estimate of drug-likeness (QED) is 0.252. The van der Waals surface area contributed by atoms with Gasteiger partial charge in [0.05, 0.1) is 11.6 Å². The molecule has 0 atom stereocenters. The number of hydrogen-bond donors (Lipinski definition) is 2. The Morgan fingerprint density at radius 1 is 1.27 bits per heavy atom. The van der Waals surface area contributed by atoms with Crippen LogP contribution in [0.4, 0.5) is 45.3 Å². The summed E-state index contributed by atoms with van der Waals surface area (Å²) in [5, 5.41) is 14.1. The van der Waals surface area contributed by atoms with Crippen molar-refractivity contribution in [3.05, 3.63) is 40.4 Å². The van der Waals surface area contributed by atoms with Gasteiger partial charge in [0.2, 0.25) is 0 Å². The molecule has 0 saturated heterocycles. The third-order valence-corrected chi connectivity index (χ3v) is 5.83. The zero-order valence-electron chi connectivity index (χ0n) is 19.7. The smallest absolute Gasteiger partial charge is 0.429 e. The van der Waals surface area contributed by atoms with Crippen molar-refractivity contribution >= 4 is 35.1 Å². The average Bonchev–Trinajstić information content (AvgIpc) is 3.55. The number of alkyl halides is 9. The van der Waals surface area contributed by atoms with Crippen molar-refractivity contribution in [3.63, 3.8) is 0 Å². The van der Waals surface area contributed by atoms with E-state index in [2.05, 4.69) is 25.1 Å². The van der Waals surface area contributed by atoms with E-state index < -0.39 is 53.3 Å². The molecular weight excluding hydrogens is 589 g/mol. The first-order valence-electron chi connectivity index (χ1n) is 10.6. The highest BCUT2D eigenvalue weighted by atomic mass is 35.5. The number of nitriles is 1. The van der Waals surface area contributed by atoms with Gasteiger partial charge in [-0.15, -0.1) is 0 Å². The van der Waals surface area contributed by atoms with Crippen LogP contribution in [0.1, 0.15) is 34.5 Å². The molecular formula is C21H15ClF9N7O2. The van der Waals surface area contributed by atoms with E-state index in [0.29, 0.717) is 26.1 Å². The molecule has 0 radical (unpaired) electrons. The SMILES string of the molecule is Cn1nc(C(F)(C(F)(F)F)C(F)(F)F)c(OC(F)F)c1N=CC(=CN)c1cnc(Cl)c(C(=O)NC2(C#N)CC2)c1. The summed E-state index contributed by atoms with van der Waals surface area (Å²) >= 11 is 5.96. The summed E-state index contributed by atoms with van der Waals surface area (Å²) in [6.45, 7) is -4.00. The number of nitrogens with two attached hydrogens (primary N) is 1. The van der Waals surface area contributed by atoms with Crippen LogP contribution >= 0.6 is 11.6 Å². The normalized spacial score (nSPS) is 15.8. The molecule has 0 bridgehead atoms. The van der Waals surface area contributed by atoms with E-state index >= 15 is 0 Å². The largest absolute Gasteiger partial charge is 0.437 e. The molecule has 2 aromatic heterocycles. The van der Waals surface area contributed by atoms with E-state index in [1.54, 1.807) is 0 Å². The number of aromatic nitrogens is 3. The van der Waals surface area contributed by atoms with E-state index in [9.17, 15) is 44.3 Å². The van der Waals surface area contributed by atoms with Crippen LogP contribution in [-0.4, -0.2) is 51.4 Å². The highest BCUT2D eigenvalue weighted by Crippen LogP contribution is 2.56. The van der Waals surface area contributed by atoms with Gasteiger partial charge in [-0.1, -0.05) is 11.6 Å². The summed E-state index contributed by atoms with van der Waals surface area (Å²) in [6.07, 6.45) is -10.1. The lowest BCUT2D eigenvalue weighted by atomic mass is 9.99. The zero-order valence-corrected chi connectivity index (χ0v) is 20.5. The maximum absolute atomic E-state index is 14.7. The lowest BCUT2D eigenvalue weighted by Gasteiger charge is -2.28. The minimum absolute atomic E-state index is 0.0354. The fraction of sp³-hybridized carbons (Fsp3) is 0.381. The van der Waals surface area contributed by atoms with Gasteiger partial charge in [0.15, 0.2) is 17.3 Å². The minimum atomic E-state index is -6.68. The topological polar surface area (TPSA) is 131 Å². The number of aryl methyl sites for hydroxylation is 1. The highest BCUT2D eigenvalue weighted by Gasteiger charge is 2.76. The molecule has 1 aliphatic rings. The third kappa shape index (κ3) is 5.64. The third-order valence-electron chi connectivity index (χ3n) is 5.53. The second-order valence-electron chi connectivity index (χ2n) is 8.25. The van der Waals surface area contributed by atoms with Gasteiger partial charge in [-0.3, -0.25) is 4.79 Å². The first-order valence-corrected chi connectivity index (χ1v) is 11.0. The Morgan fingerprint density at radius 3 is 2.35 bits per heavy atom. The summed E-state index contributed by atoms with van der Waals surface area (Å²) in [5.74, 6) is -3.91. The maximum Gasteiger partial charge on any atom is 0.437 e. The number of carbonyl (C=O) groups excluding carboxylic acids is 1. The second-order valence-corrected chi connectivity index (χ2v) is 8.61. The van der Waals surface area contributed by atoms with E-state index in [-0.39, 0.29) is 26.5 Å². The van der Waals surface area contributed by atoms with Gasteiger partial charge in [0.1, 0.15) is 10.7 Å². The molecule has 9 nitrogen and oxygen atoms in total. The Bertz CT molecular complexity index is 1390. The Morgan fingerprint density at radius 2 is 1.88 bits per heavy atom. The molecule has 1 fully saturated rings. The predicted octanol–water partition coefficient (Wildman–Crippen LogP) is 4.85. The number of allylic oxidation sites excluding steroid dienone is 1. The van der Waals surface area contributed by atoms with Crippen LogP contribution < -0.4 is 15.8 Å². The summed E-state index contributed by atoms with van der Waals surface area (Å²) in [5.41, 5.74) is -4.80. The molecule has 1 saturated carbocycles. The Hall–Kier alpha value is -4.01. The number of rotatable bonds is 8. The van der Waals surface area contributed by atoms with Gasteiger partial charge in [-0.2, -0.15) is 45.5 Å². The molecule has 1 aliphatic carbocycles. The number of amides is 1. The van der Waals surface area contributed by atoms with Gasteiger partial charge in [0.25, 0.3) is 5.91 Å². The average molecular weight is 604 g/mol. The van der Waals surface area contributed by atoms with Crippen LogP contribution in [-0.2, 0) is 12.7 Å². The maximum atomic E-state index is 14.7. The molecule has 0 unspecified atom stereocenters. The monoisotopic (exact) mass is 603 g/mol. The van der Waals surface area contributed by atoms with Crippen LogP contribution in [0.25, 0.3) is 5.57 Å². The van der Waals surface area contributed by atoms with Crippen molar-refractivity contribution in [2.45, 2.75) is 43.0 Å². The van der Waals surface area contributed by atoms with Crippen molar-refractivity contribution in [1.82, 2.24) is 20.1 Å². The molecule has 0 aliphatic heterocycles. The molecule has 216 valence electrons. The number of aliphatic imine (C=N–C) groups is 1. The number of halogens is 10. The Balaban J connectivity index is 2.07. The first-order chi connectivity index (χ1) is 18.4. The van der Waals surface area contributed by atoms with E-state index in [0.717, 1.165) is 18.5 Å². The van der Waals surface area contributed by atoms with Crippen molar-refractivity contribution < 1.29 is 49.0 Å². The fourth-order valence-electron chi connectivity index (χ4n) is 3.27. The van der Waals surface area contributed by atoms with Crippen LogP contribution in [0.5, 0.6) is 5.75 Å². The van der Waals surface area contributed by atoms with Crippen molar-refractivity contribution in [3.8, 4) is 11.8 Å². The molecule has 1 amide bonds. The Labute approximate surface area is 223 Å². The number of carbonyl (C=O) groups is 1. The summed E-state index contributed by atoms with van der Waals surface area (Å²) in [4.78, 5) is 19.9. The van der Waals surface area contributed by atoms with Crippen LogP contribution in [0.15, 0.2) is 23.5 Å². The molecule has 19 heteroatoms. The summed E-state index contributed by atoms with van der Waals surface area (Å²) in [6, 6.07) is 3.04. The molecule has 0 spiro atoms. The van der Waals surface area contributed by atoms with Gasteiger partial charge in [0, 0.05) is 36.8 Å². The van der Waals surface area contributed by atoms with Crippen LogP contribution in [0.3, 0.4) is 0 Å². The second kappa shape index (κ2) is 10.5. The van der Waals surface area contributed by atoms with Crippen molar-refractivity contribution in [2.24, 2.45) is 17.8 Å². The van der Waals surface area contributed by atoms with Gasteiger partial charge in [-0.25, -0.2) is 19.0 Å². The lowest BCUT2D eigenvalue weighted by Crippen LogP contribution is -2.51.